The summed E-state index contributed by atoms with van der Waals surface area (Å²) < 4.78 is 37.4. The third-order valence-corrected chi connectivity index (χ3v) is 7.50. The first-order valence-electron chi connectivity index (χ1n) is 9.21. The molecule has 2 heterocycles. The number of hydrogen-bond acceptors (Lipinski definition) is 6. The van der Waals surface area contributed by atoms with Gasteiger partial charge in [0.1, 0.15) is 22.1 Å². The summed E-state index contributed by atoms with van der Waals surface area (Å²) in [6, 6.07) is 6.87. The summed E-state index contributed by atoms with van der Waals surface area (Å²) in [5.74, 6) is 2.63. The van der Waals surface area contributed by atoms with Crippen molar-refractivity contribution in [1.82, 2.24) is 14.6 Å². The van der Waals surface area contributed by atoms with E-state index in [4.69, 9.17) is 9.47 Å². The molecule has 1 aromatic carbocycles. The van der Waals surface area contributed by atoms with Gasteiger partial charge >= 0.3 is 0 Å². The van der Waals surface area contributed by atoms with Gasteiger partial charge in [0.05, 0.1) is 14.2 Å². The molecule has 2 N–H and O–H groups in total. The quantitative estimate of drug-likeness (QED) is 0.650. The van der Waals surface area contributed by atoms with Gasteiger partial charge in [0.25, 0.3) is 5.91 Å². The standard InChI is InChI=1S/C19H25N3O5S2/c1-26-15-3-4-18(27-2)14(11-15)5-6-20-19(23)17-12-16(13-21-17)29(24,25)22-7-9-28-10-8-22/h3-4,11-13,21H,5-10H2,1-2H3,(H,20,23). The van der Waals surface area contributed by atoms with Crippen LogP contribution >= 0.6 is 11.8 Å². The van der Waals surface area contributed by atoms with Crippen LogP contribution < -0.4 is 14.8 Å². The highest BCUT2D eigenvalue weighted by Crippen LogP contribution is 2.24. The van der Waals surface area contributed by atoms with E-state index in [0.717, 1.165) is 17.1 Å². The first-order valence-corrected chi connectivity index (χ1v) is 11.8. The third kappa shape index (κ3) is 5.06. The fourth-order valence-electron chi connectivity index (χ4n) is 3.07. The second kappa shape index (κ2) is 9.55. The highest BCUT2D eigenvalue weighted by atomic mass is 32.2. The molecular formula is C19H25N3O5S2. The average Bonchev–Trinajstić information content (AvgIpc) is 3.25. The number of nitrogens with zero attached hydrogens (tertiary/aromatic N) is 1. The van der Waals surface area contributed by atoms with Gasteiger partial charge in [-0.1, -0.05) is 0 Å². The number of carbonyl (C=O) groups excluding carboxylic acids is 1. The average molecular weight is 440 g/mol. The summed E-state index contributed by atoms with van der Waals surface area (Å²) in [4.78, 5) is 15.3. The van der Waals surface area contributed by atoms with Crippen LogP contribution in [-0.2, 0) is 16.4 Å². The van der Waals surface area contributed by atoms with Gasteiger partial charge in [-0.2, -0.15) is 16.1 Å². The van der Waals surface area contributed by atoms with E-state index in [1.165, 1.54) is 16.6 Å². The molecule has 8 nitrogen and oxygen atoms in total. The molecular weight excluding hydrogens is 414 g/mol. The minimum atomic E-state index is -3.58. The lowest BCUT2D eigenvalue weighted by atomic mass is 10.1. The van der Waals surface area contributed by atoms with Crippen molar-refractivity contribution in [2.24, 2.45) is 0 Å². The Bertz CT molecular complexity index is 953. The normalized spacial score (nSPS) is 15.1. The fraction of sp³-hybridized carbons (Fsp3) is 0.421. The summed E-state index contributed by atoms with van der Waals surface area (Å²) in [5.41, 5.74) is 1.12. The molecule has 0 saturated carbocycles. The molecule has 158 valence electrons. The van der Waals surface area contributed by atoms with Crippen LogP contribution in [0.5, 0.6) is 11.5 Å². The molecule has 29 heavy (non-hydrogen) atoms. The van der Waals surface area contributed by atoms with Crippen molar-refractivity contribution < 1.29 is 22.7 Å². The summed E-state index contributed by atoms with van der Waals surface area (Å²) in [7, 11) is -0.397. The second-order valence-electron chi connectivity index (χ2n) is 6.45. The van der Waals surface area contributed by atoms with Gasteiger partial charge in [-0.25, -0.2) is 8.42 Å². The predicted octanol–water partition coefficient (Wildman–Crippen LogP) is 1.74. The summed E-state index contributed by atoms with van der Waals surface area (Å²) in [6.07, 6.45) is 1.92. The Hall–Kier alpha value is -2.17. The van der Waals surface area contributed by atoms with Gasteiger partial charge in [-0.15, -0.1) is 0 Å². The van der Waals surface area contributed by atoms with Crippen molar-refractivity contribution in [2.45, 2.75) is 11.3 Å². The number of thioether (sulfide) groups is 1. The Balaban J connectivity index is 1.61. The maximum Gasteiger partial charge on any atom is 0.267 e. The van der Waals surface area contributed by atoms with Gasteiger partial charge < -0.3 is 19.8 Å². The molecule has 0 radical (unpaired) electrons. The lowest BCUT2D eigenvalue weighted by molar-refractivity contribution is 0.0949. The number of ether oxygens (including phenoxy) is 2. The van der Waals surface area contributed by atoms with Crippen LogP contribution in [0.3, 0.4) is 0 Å². The number of benzene rings is 1. The lowest BCUT2D eigenvalue weighted by Gasteiger charge is -2.24. The molecule has 2 aromatic rings. The highest BCUT2D eigenvalue weighted by molar-refractivity contribution is 7.99. The number of aromatic amines is 1. The summed E-state index contributed by atoms with van der Waals surface area (Å²) in [6.45, 7) is 1.34. The SMILES string of the molecule is COc1ccc(OC)c(CCNC(=O)c2cc(S(=O)(=O)N3CCSCC3)c[nH]2)c1. The number of carbonyl (C=O) groups is 1. The van der Waals surface area contributed by atoms with E-state index in [1.54, 1.807) is 26.0 Å². The number of nitrogens with one attached hydrogen (secondary N) is 2. The predicted molar refractivity (Wildman–Crippen MR) is 112 cm³/mol. The van der Waals surface area contributed by atoms with Crippen molar-refractivity contribution in [3.63, 3.8) is 0 Å². The minimum Gasteiger partial charge on any atom is -0.497 e. The van der Waals surface area contributed by atoms with E-state index >= 15 is 0 Å². The van der Waals surface area contributed by atoms with E-state index in [-0.39, 0.29) is 16.5 Å². The molecule has 1 fully saturated rings. The molecule has 0 aliphatic carbocycles. The maximum atomic E-state index is 12.7. The summed E-state index contributed by atoms with van der Waals surface area (Å²) >= 11 is 1.74. The molecule has 0 atom stereocenters. The van der Waals surface area contributed by atoms with Crippen LogP contribution in [0.15, 0.2) is 35.4 Å². The zero-order valence-electron chi connectivity index (χ0n) is 16.4. The summed E-state index contributed by atoms with van der Waals surface area (Å²) in [5, 5.41) is 2.80. The molecule has 1 aliphatic heterocycles. The van der Waals surface area contributed by atoms with Gasteiger partial charge in [0, 0.05) is 37.3 Å². The molecule has 3 rings (SSSR count). The van der Waals surface area contributed by atoms with E-state index in [2.05, 4.69) is 10.3 Å². The van der Waals surface area contributed by atoms with Crippen molar-refractivity contribution in [2.75, 3.05) is 45.4 Å². The third-order valence-electron chi connectivity index (χ3n) is 4.68. The smallest absolute Gasteiger partial charge is 0.267 e. The fourth-order valence-corrected chi connectivity index (χ4v) is 5.64. The molecule has 1 aliphatic rings. The van der Waals surface area contributed by atoms with Gasteiger partial charge in [-0.3, -0.25) is 4.79 Å². The van der Waals surface area contributed by atoms with Crippen LogP contribution in [0, 0.1) is 0 Å². The minimum absolute atomic E-state index is 0.115. The first kappa shape index (κ1) is 21.5. The molecule has 10 heteroatoms. The Morgan fingerprint density at radius 1 is 1.21 bits per heavy atom. The number of rotatable bonds is 8. The number of aromatic nitrogens is 1. The Morgan fingerprint density at radius 2 is 1.97 bits per heavy atom. The van der Waals surface area contributed by atoms with Crippen LogP contribution in [-0.4, -0.2) is 69.0 Å². The van der Waals surface area contributed by atoms with E-state index in [0.29, 0.717) is 37.6 Å². The molecule has 0 spiro atoms. The van der Waals surface area contributed by atoms with Crippen LogP contribution in [0.4, 0.5) is 0 Å². The van der Waals surface area contributed by atoms with Gasteiger partial charge in [0.2, 0.25) is 10.0 Å². The first-order chi connectivity index (χ1) is 14.0. The largest absolute Gasteiger partial charge is 0.497 e. The Kier molecular flexibility index (Phi) is 7.09. The van der Waals surface area contributed by atoms with Crippen LogP contribution in [0.25, 0.3) is 0 Å². The van der Waals surface area contributed by atoms with Crippen molar-refractivity contribution in [3.8, 4) is 11.5 Å². The van der Waals surface area contributed by atoms with Crippen molar-refractivity contribution >= 4 is 27.7 Å². The van der Waals surface area contributed by atoms with E-state index in [1.807, 2.05) is 18.2 Å². The molecule has 1 saturated heterocycles. The Labute approximate surface area is 175 Å². The van der Waals surface area contributed by atoms with E-state index < -0.39 is 10.0 Å². The molecule has 0 bridgehead atoms. The number of sulfonamides is 1. The monoisotopic (exact) mass is 439 g/mol. The number of methoxy groups -OCH3 is 2. The number of amides is 1. The zero-order chi connectivity index (χ0) is 20.9. The molecule has 1 amide bonds. The number of H-pyrrole nitrogens is 1. The van der Waals surface area contributed by atoms with Gasteiger partial charge in [-0.05, 0) is 36.2 Å². The second-order valence-corrected chi connectivity index (χ2v) is 9.61. The lowest BCUT2D eigenvalue weighted by Crippen LogP contribution is -2.37. The van der Waals surface area contributed by atoms with E-state index in [9.17, 15) is 13.2 Å². The Morgan fingerprint density at radius 3 is 2.66 bits per heavy atom. The topological polar surface area (TPSA) is 101 Å². The maximum absolute atomic E-state index is 12.7. The number of hydrogen-bond donors (Lipinski definition) is 2. The van der Waals surface area contributed by atoms with Crippen LogP contribution in [0.2, 0.25) is 0 Å². The van der Waals surface area contributed by atoms with Gasteiger partial charge in [0.15, 0.2) is 0 Å². The molecule has 1 aromatic heterocycles. The highest BCUT2D eigenvalue weighted by Gasteiger charge is 2.27. The van der Waals surface area contributed by atoms with Crippen molar-refractivity contribution in [1.29, 1.82) is 0 Å². The van der Waals surface area contributed by atoms with Crippen molar-refractivity contribution in [3.05, 3.63) is 41.7 Å². The molecule has 0 unspecified atom stereocenters. The van der Waals surface area contributed by atoms with Crippen LogP contribution in [0.1, 0.15) is 16.1 Å². The zero-order valence-corrected chi connectivity index (χ0v) is 18.1.